The van der Waals surface area contributed by atoms with Crippen molar-refractivity contribution >= 4 is 40.9 Å². The van der Waals surface area contributed by atoms with Crippen LogP contribution in [0.25, 0.3) is 0 Å². The summed E-state index contributed by atoms with van der Waals surface area (Å²) in [6.07, 6.45) is 1.55. The van der Waals surface area contributed by atoms with Crippen LogP contribution in [-0.2, 0) is 5.75 Å². The Labute approximate surface area is 128 Å². The molecular weight excluding hydrogens is 324 g/mol. The van der Waals surface area contributed by atoms with E-state index < -0.39 is 11.8 Å². The highest BCUT2D eigenvalue weighted by Gasteiger charge is 2.11. The Kier molecular flexibility index (Phi) is 4.86. The molecule has 0 spiro atoms. The van der Waals surface area contributed by atoms with E-state index in [2.05, 4.69) is 4.98 Å². The van der Waals surface area contributed by atoms with Crippen LogP contribution in [-0.4, -0.2) is 16.1 Å². The lowest BCUT2D eigenvalue weighted by atomic mass is 10.2. The van der Waals surface area contributed by atoms with Gasteiger partial charge in [0, 0.05) is 21.9 Å². The lowest BCUT2D eigenvalue weighted by Crippen LogP contribution is -2.00. The standard InChI is InChI=1S/C13H8Cl2FNO2S/c14-10-4-12(15)17-5-7(10)6-20-8-1-2-11(16)9(3-8)13(18)19/h1-5H,6H2,(H,18,19). The van der Waals surface area contributed by atoms with Crippen molar-refractivity contribution in [1.29, 1.82) is 0 Å². The predicted octanol–water partition coefficient (Wildman–Crippen LogP) is 4.52. The van der Waals surface area contributed by atoms with Crippen LogP contribution in [0.5, 0.6) is 0 Å². The number of thioether (sulfide) groups is 1. The second-order valence-electron chi connectivity index (χ2n) is 3.83. The molecule has 0 saturated heterocycles. The molecule has 20 heavy (non-hydrogen) atoms. The molecule has 0 fully saturated rings. The fraction of sp³-hybridized carbons (Fsp3) is 0.0769. The van der Waals surface area contributed by atoms with E-state index in [1.807, 2.05) is 0 Å². The van der Waals surface area contributed by atoms with E-state index in [9.17, 15) is 9.18 Å². The first-order chi connectivity index (χ1) is 9.47. The van der Waals surface area contributed by atoms with Gasteiger partial charge in [0.25, 0.3) is 0 Å². The number of rotatable bonds is 4. The molecule has 0 aliphatic rings. The minimum atomic E-state index is -1.30. The number of hydrogen-bond acceptors (Lipinski definition) is 3. The van der Waals surface area contributed by atoms with Crippen LogP contribution < -0.4 is 0 Å². The summed E-state index contributed by atoms with van der Waals surface area (Å²) in [4.78, 5) is 15.4. The Morgan fingerprint density at radius 2 is 2.10 bits per heavy atom. The molecule has 2 rings (SSSR count). The summed E-state index contributed by atoms with van der Waals surface area (Å²) in [5.74, 6) is -1.57. The second-order valence-corrected chi connectivity index (χ2v) is 5.68. The van der Waals surface area contributed by atoms with Crippen molar-refractivity contribution in [3.05, 3.63) is 57.6 Å². The highest BCUT2D eigenvalue weighted by molar-refractivity contribution is 7.98. The highest BCUT2D eigenvalue weighted by Crippen LogP contribution is 2.28. The Morgan fingerprint density at radius 3 is 2.75 bits per heavy atom. The number of nitrogens with zero attached hydrogens (tertiary/aromatic N) is 1. The van der Waals surface area contributed by atoms with Gasteiger partial charge in [0.2, 0.25) is 0 Å². The predicted molar refractivity (Wildman–Crippen MR) is 77.2 cm³/mol. The lowest BCUT2D eigenvalue weighted by molar-refractivity contribution is 0.0691. The number of hydrogen-bond donors (Lipinski definition) is 1. The van der Waals surface area contributed by atoms with Crippen LogP contribution in [0.3, 0.4) is 0 Å². The van der Waals surface area contributed by atoms with E-state index in [1.165, 1.54) is 30.0 Å². The van der Waals surface area contributed by atoms with Crippen molar-refractivity contribution in [2.75, 3.05) is 0 Å². The Bertz CT molecular complexity index is 667. The molecule has 1 heterocycles. The molecule has 0 aliphatic heterocycles. The summed E-state index contributed by atoms with van der Waals surface area (Å²) >= 11 is 13.0. The normalized spacial score (nSPS) is 10.6. The quantitative estimate of drug-likeness (QED) is 0.661. The van der Waals surface area contributed by atoms with Crippen LogP contribution in [0.2, 0.25) is 10.2 Å². The summed E-state index contributed by atoms with van der Waals surface area (Å²) in [6.45, 7) is 0. The number of aromatic nitrogens is 1. The van der Waals surface area contributed by atoms with Gasteiger partial charge in [0.15, 0.2) is 0 Å². The van der Waals surface area contributed by atoms with Crippen LogP contribution in [0.4, 0.5) is 4.39 Å². The lowest BCUT2D eigenvalue weighted by Gasteiger charge is -2.05. The zero-order valence-corrected chi connectivity index (χ0v) is 12.3. The minimum Gasteiger partial charge on any atom is -0.478 e. The number of benzene rings is 1. The van der Waals surface area contributed by atoms with E-state index in [1.54, 1.807) is 6.20 Å². The van der Waals surface area contributed by atoms with E-state index in [4.69, 9.17) is 28.3 Å². The van der Waals surface area contributed by atoms with E-state index in [0.29, 0.717) is 20.8 Å². The second kappa shape index (κ2) is 6.43. The van der Waals surface area contributed by atoms with Gasteiger partial charge in [-0.3, -0.25) is 0 Å². The van der Waals surface area contributed by atoms with Gasteiger partial charge < -0.3 is 5.11 Å². The van der Waals surface area contributed by atoms with Gasteiger partial charge in [0.05, 0.1) is 5.56 Å². The third kappa shape index (κ3) is 3.62. The first kappa shape index (κ1) is 15.1. The molecule has 0 amide bonds. The van der Waals surface area contributed by atoms with Crippen molar-refractivity contribution in [2.45, 2.75) is 10.6 Å². The summed E-state index contributed by atoms with van der Waals surface area (Å²) < 4.78 is 13.3. The molecule has 1 aromatic heterocycles. The third-order valence-corrected chi connectivity index (χ3v) is 4.06. The maximum absolute atomic E-state index is 13.3. The van der Waals surface area contributed by atoms with Crippen molar-refractivity contribution in [3.63, 3.8) is 0 Å². The fourth-order valence-electron chi connectivity index (χ4n) is 1.46. The van der Waals surface area contributed by atoms with Gasteiger partial charge in [-0.25, -0.2) is 14.2 Å². The number of carboxylic acid groups (broad SMARTS) is 1. The topological polar surface area (TPSA) is 50.2 Å². The van der Waals surface area contributed by atoms with E-state index in [-0.39, 0.29) is 5.56 Å². The molecule has 0 radical (unpaired) electrons. The van der Waals surface area contributed by atoms with Crippen molar-refractivity contribution in [1.82, 2.24) is 4.98 Å². The minimum absolute atomic E-state index is 0.304. The SMILES string of the molecule is O=C(O)c1cc(SCc2cnc(Cl)cc2Cl)ccc1F. The molecule has 0 unspecified atom stereocenters. The first-order valence-corrected chi connectivity index (χ1v) is 7.17. The van der Waals surface area contributed by atoms with Gasteiger partial charge in [-0.2, -0.15) is 0 Å². The van der Waals surface area contributed by atoms with Crippen LogP contribution >= 0.6 is 35.0 Å². The largest absolute Gasteiger partial charge is 0.478 e. The molecule has 0 saturated carbocycles. The molecule has 2 aromatic rings. The highest BCUT2D eigenvalue weighted by atomic mass is 35.5. The summed E-state index contributed by atoms with van der Waals surface area (Å²) in [5, 5.41) is 9.64. The third-order valence-electron chi connectivity index (χ3n) is 2.46. The fourth-order valence-corrected chi connectivity index (χ4v) is 2.89. The van der Waals surface area contributed by atoms with E-state index in [0.717, 1.165) is 11.6 Å². The Hall–Kier alpha value is -1.30. The molecular formula is C13H8Cl2FNO2S. The van der Waals surface area contributed by atoms with Crippen LogP contribution in [0.15, 0.2) is 35.4 Å². The molecule has 3 nitrogen and oxygen atoms in total. The van der Waals surface area contributed by atoms with Crippen molar-refractivity contribution in [2.24, 2.45) is 0 Å². The Balaban J connectivity index is 2.15. The summed E-state index contributed by atoms with van der Waals surface area (Å²) in [7, 11) is 0. The summed E-state index contributed by atoms with van der Waals surface area (Å²) in [5.41, 5.74) is 0.414. The molecule has 1 aromatic carbocycles. The van der Waals surface area contributed by atoms with Crippen molar-refractivity contribution in [3.8, 4) is 0 Å². The number of carbonyl (C=O) groups is 1. The number of pyridine rings is 1. The maximum Gasteiger partial charge on any atom is 0.338 e. The maximum atomic E-state index is 13.3. The molecule has 104 valence electrons. The number of halogens is 3. The zero-order valence-electron chi connectivity index (χ0n) is 9.94. The molecule has 0 bridgehead atoms. The average Bonchev–Trinajstić information content (AvgIpc) is 2.39. The van der Waals surface area contributed by atoms with E-state index >= 15 is 0 Å². The molecule has 0 aliphatic carbocycles. The van der Waals surface area contributed by atoms with Gasteiger partial charge in [-0.15, -0.1) is 11.8 Å². The smallest absolute Gasteiger partial charge is 0.338 e. The Morgan fingerprint density at radius 1 is 1.35 bits per heavy atom. The van der Waals surface area contributed by atoms with Gasteiger partial charge >= 0.3 is 5.97 Å². The monoisotopic (exact) mass is 331 g/mol. The first-order valence-electron chi connectivity index (χ1n) is 5.43. The van der Waals surface area contributed by atoms with Crippen LogP contribution in [0, 0.1) is 5.82 Å². The summed E-state index contributed by atoms with van der Waals surface area (Å²) in [6, 6.07) is 5.48. The van der Waals surface area contributed by atoms with Gasteiger partial charge in [0.1, 0.15) is 11.0 Å². The van der Waals surface area contributed by atoms with Gasteiger partial charge in [-0.05, 0) is 29.8 Å². The van der Waals surface area contributed by atoms with Crippen LogP contribution in [0.1, 0.15) is 15.9 Å². The number of aromatic carboxylic acids is 1. The van der Waals surface area contributed by atoms with Gasteiger partial charge in [-0.1, -0.05) is 23.2 Å². The molecule has 1 N–H and O–H groups in total. The number of carboxylic acids is 1. The van der Waals surface area contributed by atoms with Crippen molar-refractivity contribution < 1.29 is 14.3 Å². The molecule has 0 atom stereocenters. The molecule has 7 heteroatoms. The average molecular weight is 332 g/mol. The zero-order chi connectivity index (χ0) is 14.7.